The summed E-state index contributed by atoms with van der Waals surface area (Å²) in [5, 5.41) is 0. The number of aryl methyl sites for hydroxylation is 1. The first-order valence-electron chi connectivity index (χ1n) is 4.29. The summed E-state index contributed by atoms with van der Waals surface area (Å²) in [4.78, 5) is 17.8. The first-order chi connectivity index (χ1) is 6.21. The maximum atomic E-state index is 10.9. The van der Waals surface area contributed by atoms with Crippen LogP contribution in [0.15, 0.2) is 18.7 Å². The van der Waals surface area contributed by atoms with E-state index in [9.17, 15) is 4.57 Å². The van der Waals surface area contributed by atoms with Crippen molar-refractivity contribution in [3.63, 3.8) is 0 Å². The quantitative estimate of drug-likeness (QED) is 0.564. The van der Waals surface area contributed by atoms with Crippen molar-refractivity contribution in [3.8, 4) is 0 Å². The Kier molecular flexibility index (Phi) is 2.86. The predicted molar refractivity (Wildman–Crippen MR) is 51.8 cm³/mol. The molecule has 0 unspecified atom stereocenters. The second kappa shape index (κ2) is 3.50. The van der Waals surface area contributed by atoms with Gasteiger partial charge < -0.3 is 9.79 Å². The highest BCUT2D eigenvalue weighted by Gasteiger charge is 2.33. The molecule has 2 N–H and O–H groups in total. The molecule has 1 aromatic heterocycles. The van der Waals surface area contributed by atoms with Crippen LogP contribution >= 0.6 is 7.60 Å². The van der Waals surface area contributed by atoms with Crippen LogP contribution in [-0.4, -0.2) is 20.5 Å². The lowest BCUT2D eigenvalue weighted by molar-refractivity contribution is -0.671. The molecule has 0 aromatic carbocycles. The first kappa shape index (κ1) is 11.4. The van der Waals surface area contributed by atoms with Gasteiger partial charge in [-0.25, -0.2) is 9.13 Å². The molecular formula is C8H16N2O3P+. The summed E-state index contributed by atoms with van der Waals surface area (Å²) in [7, 11) is -2.11. The minimum absolute atomic E-state index is 0.158. The molecule has 0 spiro atoms. The van der Waals surface area contributed by atoms with Crippen LogP contribution < -0.4 is 4.57 Å². The molecule has 5 nitrogen and oxygen atoms in total. The lowest BCUT2D eigenvalue weighted by Crippen LogP contribution is -2.32. The maximum absolute atomic E-state index is 10.9. The highest BCUT2D eigenvalue weighted by atomic mass is 31.2. The molecule has 0 amide bonds. The normalized spacial score (nSPS) is 13.2. The van der Waals surface area contributed by atoms with Crippen molar-refractivity contribution < 1.29 is 18.9 Å². The molecule has 0 radical (unpaired) electrons. The first-order valence-corrected chi connectivity index (χ1v) is 6.09. The van der Waals surface area contributed by atoms with Gasteiger partial charge in [-0.05, 0) is 13.8 Å². The minimum Gasteiger partial charge on any atom is -0.324 e. The van der Waals surface area contributed by atoms with Gasteiger partial charge in [0.15, 0.2) is 0 Å². The van der Waals surface area contributed by atoms with Crippen LogP contribution in [0.2, 0.25) is 0 Å². The summed E-state index contributed by atoms with van der Waals surface area (Å²) in [5.41, 5.74) is -0.569. The molecule has 0 bridgehead atoms. The van der Waals surface area contributed by atoms with E-state index in [2.05, 4.69) is 0 Å². The van der Waals surface area contributed by atoms with Crippen molar-refractivity contribution in [3.05, 3.63) is 18.7 Å². The van der Waals surface area contributed by atoms with Gasteiger partial charge in [0, 0.05) is 0 Å². The monoisotopic (exact) mass is 219 g/mol. The molecule has 0 saturated heterocycles. The second-order valence-corrected chi connectivity index (χ2v) is 5.77. The van der Waals surface area contributed by atoms with Gasteiger partial charge in [0.05, 0.1) is 13.2 Å². The van der Waals surface area contributed by atoms with E-state index < -0.39 is 13.1 Å². The molecule has 0 saturated carbocycles. The van der Waals surface area contributed by atoms with Crippen LogP contribution in [0.1, 0.15) is 13.8 Å². The average molecular weight is 219 g/mol. The summed E-state index contributed by atoms with van der Waals surface area (Å²) >= 11 is 0. The molecule has 0 aliphatic heterocycles. The number of hydrogen-bond acceptors (Lipinski definition) is 1. The van der Waals surface area contributed by atoms with Crippen molar-refractivity contribution in [2.45, 2.75) is 19.4 Å². The third kappa shape index (κ3) is 2.94. The number of aromatic nitrogens is 2. The fourth-order valence-corrected chi connectivity index (χ4v) is 2.57. The molecule has 0 atom stereocenters. The number of hydrogen-bond donors (Lipinski definition) is 2. The van der Waals surface area contributed by atoms with Gasteiger partial charge in [-0.2, -0.15) is 0 Å². The summed E-state index contributed by atoms with van der Waals surface area (Å²) in [6.45, 7) is 3.60. The zero-order valence-corrected chi connectivity index (χ0v) is 9.48. The summed E-state index contributed by atoms with van der Waals surface area (Å²) < 4.78 is 14.5. The van der Waals surface area contributed by atoms with Crippen molar-refractivity contribution in [2.24, 2.45) is 7.05 Å². The van der Waals surface area contributed by atoms with E-state index in [-0.39, 0.29) is 6.16 Å². The largest absolute Gasteiger partial charge is 0.330 e. The van der Waals surface area contributed by atoms with Gasteiger partial charge in [-0.3, -0.25) is 4.57 Å². The molecule has 0 aliphatic carbocycles. The van der Waals surface area contributed by atoms with Crippen molar-refractivity contribution in [2.75, 3.05) is 6.16 Å². The van der Waals surface area contributed by atoms with E-state index in [0.717, 1.165) is 0 Å². The van der Waals surface area contributed by atoms with Gasteiger partial charge in [0.1, 0.15) is 17.9 Å². The summed E-state index contributed by atoms with van der Waals surface area (Å²) in [6.07, 6.45) is 5.28. The number of rotatable bonds is 3. The Balaban J connectivity index is 2.91. The van der Waals surface area contributed by atoms with Gasteiger partial charge in [-0.1, -0.05) is 0 Å². The van der Waals surface area contributed by atoms with Gasteiger partial charge in [-0.15, -0.1) is 0 Å². The lowest BCUT2D eigenvalue weighted by Gasteiger charge is -2.21. The Morgan fingerprint density at radius 3 is 2.43 bits per heavy atom. The van der Waals surface area contributed by atoms with E-state index in [1.807, 2.05) is 17.8 Å². The van der Waals surface area contributed by atoms with Crippen molar-refractivity contribution >= 4 is 7.60 Å². The van der Waals surface area contributed by atoms with Gasteiger partial charge >= 0.3 is 7.60 Å². The summed E-state index contributed by atoms with van der Waals surface area (Å²) in [6, 6.07) is 0. The van der Waals surface area contributed by atoms with Gasteiger partial charge in [0.2, 0.25) is 6.33 Å². The van der Waals surface area contributed by atoms with Crippen LogP contribution in [0.25, 0.3) is 0 Å². The van der Waals surface area contributed by atoms with Crippen LogP contribution in [0.3, 0.4) is 0 Å². The standard InChI is InChI=1S/C8H15N2O3P/c1-8(2,6-14(11,12)13)10-5-4-9(3)7-10/h4-5,7H,6H2,1-3H3,(H-,11,12,13)/p+1. The Morgan fingerprint density at radius 1 is 1.50 bits per heavy atom. The Bertz CT molecular complexity index is 366. The van der Waals surface area contributed by atoms with Gasteiger partial charge in [0.25, 0.3) is 0 Å². The van der Waals surface area contributed by atoms with Crippen molar-refractivity contribution in [1.82, 2.24) is 4.57 Å². The van der Waals surface area contributed by atoms with Crippen LogP contribution in [0.4, 0.5) is 0 Å². The smallest absolute Gasteiger partial charge is 0.324 e. The predicted octanol–water partition coefficient (Wildman–Crippen LogP) is 0.225. The molecule has 1 heterocycles. The molecule has 6 heteroatoms. The van der Waals surface area contributed by atoms with Crippen LogP contribution in [0.5, 0.6) is 0 Å². The molecule has 14 heavy (non-hydrogen) atoms. The van der Waals surface area contributed by atoms with Crippen molar-refractivity contribution in [1.29, 1.82) is 0 Å². The van der Waals surface area contributed by atoms with Crippen LogP contribution in [0, 0.1) is 0 Å². The van der Waals surface area contributed by atoms with E-state index >= 15 is 0 Å². The molecular weight excluding hydrogens is 203 g/mol. The highest BCUT2D eigenvalue weighted by molar-refractivity contribution is 7.51. The molecule has 1 aromatic rings. The zero-order chi connectivity index (χ0) is 11.0. The fourth-order valence-electron chi connectivity index (χ4n) is 1.39. The number of imidazole rings is 1. The van der Waals surface area contributed by atoms with E-state index in [4.69, 9.17) is 9.79 Å². The Hall–Kier alpha value is -0.640. The lowest BCUT2D eigenvalue weighted by atomic mass is 10.1. The van der Waals surface area contributed by atoms with E-state index in [1.165, 1.54) is 0 Å². The second-order valence-electron chi connectivity index (χ2n) is 4.12. The molecule has 1 rings (SSSR count). The SMILES string of the molecule is C[n+]1ccn(C(C)(C)CP(=O)(O)O)c1. The third-order valence-corrected chi connectivity index (χ3v) is 3.25. The topological polar surface area (TPSA) is 66.3 Å². The zero-order valence-electron chi connectivity index (χ0n) is 8.58. The van der Waals surface area contributed by atoms with E-state index in [0.29, 0.717) is 0 Å². The average Bonchev–Trinajstić information content (AvgIpc) is 2.29. The maximum Gasteiger partial charge on any atom is 0.330 e. The minimum atomic E-state index is -3.97. The highest BCUT2D eigenvalue weighted by Crippen LogP contribution is 2.40. The number of nitrogens with zero attached hydrogens (tertiary/aromatic N) is 2. The van der Waals surface area contributed by atoms with E-state index in [1.54, 1.807) is 30.9 Å². The Labute approximate surface area is 83.2 Å². The fraction of sp³-hybridized carbons (Fsp3) is 0.625. The molecule has 0 aliphatic rings. The molecule has 80 valence electrons. The van der Waals surface area contributed by atoms with Crippen LogP contribution in [-0.2, 0) is 17.2 Å². The molecule has 0 fully saturated rings. The third-order valence-electron chi connectivity index (χ3n) is 2.06. The Morgan fingerprint density at radius 2 is 2.07 bits per heavy atom. The summed E-state index contributed by atoms with van der Waals surface area (Å²) in [5.74, 6) is 0.